The number of piperidine rings is 1. The van der Waals surface area contributed by atoms with Crippen molar-refractivity contribution in [3.63, 3.8) is 0 Å². The lowest BCUT2D eigenvalue weighted by Crippen LogP contribution is -2.58. The number of carbonyl (C=O) groups is 2. The number of hydrogen-bond acceptors (Lipinski definition) is 6. The third-order valence-corrected chi connectivity index (χ3v) is 4.53. The number of nitrogens with one attached hydrogen (secondary N) is 1. The summed E-state index contributed by atoms with van der Waals surface area (Å²) in [7, 11) is 1.93. The molecule has 1 unspecified atom stereocenters. The minimum absolute atomic E-state index is 0.207. The summed E-state index contributed by atoms with van der Waals surface area (Å²) >= 11 is 0.738. The molecule has 1 atom stereocenters. The third kappa shape index (κ3) is 3.90. The Morgan fingerprint density at radius 2 is 2.05 bits per heavy atom. The number of likely N-dealkylation sites (tertiary alicyclic amines) is 1. The second-order valence-electron chi connectivity index (χ2n) is 4.73. The lowest BCUT2D eigenvalue weighted by atomic mass is 9.88. The van der Waals surface area contributed by atoms with Crippen LogP contribution in [-0.4, -0.2) is 52.8 Å². The zero-order valence-electron chi connectivity index (χ0n) is 11.1. The predicted octanol–water partition coefficient (Wildman–Crippen LogP) is 0.845. The lowest BCUT2D eigenvalue weighted by Gasteiger charge is -2.41. The summed E-state index contributed by atoms with van der Waals surface area (Å²) in [6.07, 6.45) is 1.21. The normalized spacial score (nSPS) is 20.5. The van der Waals surface area contributed by atoms with Crippen LogP contribution in [0.5, 0.6) is 0 Å². The van der Waals surface area contributed by atoms with Gasteiger partial charge in [0, 0.05) is 23.0 Å². The molecule has 1 aliphatic rings. The van der Waals surface area contributed by atoms with Crippen LogP contribution in [0.15, 0.2) is 4.58 Å². The van der Waals surface area contributed by atoms with Gasteiger partial charge in [0.15, 0.2) is 0 Å². The molecule has 1 heterocycles. The van der Waals surface area contributed by atoms with Crippen LogP contribution in [0, 0.1) is 4.91 Å². The van der Waals surface area contributed by atoms with E-state index in [-0.39, 0.29) is 12.3 Å². The molecule has 0 aromatic carbocycles. The fraction of sp³-hybridized carbons (Fsp3) is 0.818. The number of nitroso groups, excluding NO2 is 1. The van der Waals surface area contributed by atoms with E-state index in [2.05, 4.69) is 14.8 Å². The highest BCUT2D eigenvalue weighted by atomic mass is 32.2. The summed E-state index contributed by atoms with van der Waals surface area (Å²) in [4.78, 5) is 35.6. The highest BCUT2D eigenvalue weighted by molar-refractivity contribution is 7.99. The molecule has 1 aliphatic heterocycles. The van der Waals surface area contributed by atoms with Gasteiger partial charge >= 0.3 is 5.97 Å². The quantitative estimate of drug-likeness (QED) is 0.555. The van der Waals surface area contributed by atoms with Crippen LogP contribution in [0.3, 0.4) is 0 Å². The number of aliphatic carboxylic acids is 1. The molecule has 0 aromatic heterocycles. The topological polar surface area (TPSA) is 99.1 Å². The summed E-state index contributed by atoms with van der Waals surface area (Å²) in [5, 5.41) is 11.8. The summed E-state index contributed by atoms with van der Waals surface area (Å²) in [6, 6.07) is -1.09. The molecular formula is C11H19N3O4S. The van der Waals surface area contributed by atoms with E-state index in [1.165, 1.54) is 0 Å². The number of rotatable bonds is 6. The van der Waals surface area contributed by atoms with E-state index in [1.54, 1.807) is 6.92 Å². The Morgan fingerprint density at radius 3 is 2.47 bits per heavy atom. The molecule has 7 nitrogen and oxygen atoms in total. The average Bonchev–Trinajstić information content (AvgIpc) is 2.38. The van der Waals surface area contributed by atoms with Crippen molar-refractivity contribution in [3.8, 4) is 0 Å². The van der Waals surface area contributed by atoms with Crippen molar-refractivity contribution >= 4 is 23.8 Å². The minimum atomic E-state index is -1.12. The van der Waals surface area contributed by atoms with Crippen molar-refractivity contribution in [2.75, 3.05) is 20.1 Å². The minimum Gasteiger partial charge on any atom is -0.480 e. The molecule has 0 aromatic rings. The number of carbonyl (C=O) groups excluding carboxylic acids is 1. The fourth-order valence-corrected chi connectivity index (χ4v) is 2.96. The van der Waals surface area contributed by atoms with Crippen molar-refractivity contribution < 1.29 is 14.7 Å². The van der Waals surface area contributed by atoms with Gasteiger partial charge in [0.25, 0.3) is 0 Å². The van der Waals surface area contributed by atoms with Crippen molar-refractivity contribution in [2.45, 2.75) is 37.0 Å². The standard InChI is InChI=1S/C11H19N3O4S/c1-3-8(15)12-9(10(16)17)11(19-13-18)4-6-14(2)7-5-11/h9H,3-7H2,1-2H3,(H,12,15)(H,16,17). The van der Waals surface area contributed by atoms with Crippen LogP contribution in [0.2, 0.25) is 0 Å². The largest absolute Gasteiger partial charge is 0.480 e. The molecule has 0 saturated carbocycles. The Balaban J connectivity index is 2.94. The van der Waals surface area contributed by atoms with Gasteiger partial charge in [0.05, 0.1) is 4.75 Å². The van der Waals surface area contributed by atoms with Gasteiger partial charge in [-0.05, 0) is 33.0 Å². The highest BCUT2D eigenvalue weighted by Gasteiger charge is 2.47. The molecule has 1 amide bonds. The van der Waals surface area contributed by atoms with E-state index in [9.17, 15) is 19.6 Å². The van der Waals surface area contributed by atoms with Crippen molar-refractivity contribution in [3.05, 3.63) is 4.91 Å². The number of nitrogens with zero attached hydrogens (tertiary/aromatic N) is 2. The van der Waals surface area contributed by atoms with E-state index in [0.29, 0.717) is 25.9 Å². The van der Waals surface area contributed by atoms with Gasteiger partial charge in [0.1, 0.15) is 6.04 Å². The van der Waals surface area contributed by atoms with E-state index in [4.69, 9.17) is 0 Å². The molecule has 1 rings (SSSR count). The van der Waals surface area contributed by atoms with Crippen LogP contribution < -0.4 is 5.32 Å². The van der Waals surface area contributed by atoms with Gasteiger partial charge in [-0.1, -0.05) is 6.92 Å². The number of carboxylic acids is 1. The average molecular weight is 289 g/mol. The maximum absolute atomic E-state index is 11.5. The van der Waals surface area contributed by atoms with E-state index in [0.717, 1.165) is 11.9 Å². The lowest BCUT2D eigenvalue weighted by molar-refractivity contribution is -0.143. The summed E-state index contributed by atoms with van der Waals surface area (Å²) in [6.45, 7) is 3.00. The van der Waals surface area contributed by atoms with Crippen molar-refractivity contribution in [1.82, 2.24) is 10.2 Å². The Morgan fingerprint density at radius 1 is 1.47 bits per heavy atom. The van der Waals surface area contributed by atoms with Crippen molar-refractivity contribution in [1.29, 1.82) is 0 Å². The molecule has 8 heteroatoms. The van der Waals surface area contributed by atoms with Gasteiger partial charge in [-0.15, -0.1) is 4.91 Å². The number of carboxylic acid groups (broad SMARTS) is 1. The highest BCUT2D eigenvalue weighted by Crippen LogP contribution is 2.39. The molecule has 108 valence electrons. The van der Waals surface area contributed by atoms with Gasteiger partial charge < -0.3 is 15.3 Å². The molecule has 0 radical (unpaired) electrons. The number of hydrogen-bond donors (Lipinski definition) is 2. The predicted molar refractivity (Wildman–Crippen MR) is 72.7 cm³/mol. The third-order valence-electron chi connectivity index (χ3n) is 3.45. The SMILES string of the molecule is CCC(=O)NC(C(=O)O)C1(SN=O)CCN(C)CC1. The Kier molecular flexibility index (Phi) is 5.74. The first-order chi connectivity index (χ1) is 8.95. The zero-order chi connectivity index (χ0) is 14.5. The Labute approximate surface area is 116 Å². The van der Waals surface area contributed by atoms with Crippen molar-refractivity contribution in [2.24, 2.45) is 4.58 Å². The molecule has 0 bridgehead atoms. The smallest absolute Gasteiger partial charge is 0.327 e. The van der Waals surface area contributed by atoms with Gasteiger partial charge in [0.2, 0.25) is 5.91 Å². The summed E-state index contributed by atoms with van der Waals surface area (Å²) in [5.41, 5.74) is 0. The Hall–Kier alpha value is -1.15. The molecule has 1 saturated heterocycles. The molecule has 1 fully saturated rings. The molecular weight excluding hydrogens is 270 g/mol. The molecule has 2 N–H and O–H groups in total. The molecule has 19 heavy (non-hydrogen) atoms. The summed E-state index contributed by atoms with van der Waals surface area (Å²) in [5.74, 6) is -1.46. The molecule has 0 spiro atoms. The fourth-order valence-electron chi connectivity index (χ4n) is 2.19. The Bertz CT molecular complexity index is 356. The van der Waals surface area contributed by atoms with Gasteiger partial charge in [-0.3, -0.25) is 4.79 Å². The van der Waals surface area contributed by atoms with Crippen LogP contribution in [-0.2, 0) is 9.59 Å². The van der Waals surface area contributed by atoms with Crippen LogP contribution in [0.1, 0.15) is 26.2 Å². The maximum Gasteiger partial charge on any atom is 0.327 e. The summed E-state index contributed by atoms with van der Waals surface area (Å²) < 4.78 is 1.97. The zero-order valence-corrected chi connectivity index (χ0v) is 11.9. The number of amides is 1. The molecule has 0 aliphatic carbocycles. The second-order valence-corrected chi connectivity index (χ2v) is 5.87. The van der Waals surface area contributed by atoms with Crippen LogP contribution in [0.4, 0.5) is 0 Å². The van der Waals surface area contributed by atoms with E-state index in [1.807, 2.05) is 7.05 Å². The van der Waals surface area contributed by atoms with E-state index < -0.39 is 16.8 Å². The first-order valence-corrected chi connectivity index (χ1v) is 6.94. The first kappa shape index (κ1) is 15.9. The first-order valence-electron chi connectivity index (χ1n) is 6.16. The van der Waals surface area contributed by atoms with Gasteiger partial charge in [-0.25, -0.2) is 4.79 Å². The van der Waals surface area contributed by atoms with Crippen LogP contribution >= 0.6 is 11.9 Å². The monoisotopic (exact) mass is 289 g/mol. The maximum atomic E-state index is 11.5. The van der Waals surface area contributed by atoms with E-state index >= 15 is 0 Å². The second kappa shape index (κ2) is 6.85. The van der Waals surface area contributed by atoms with Crippen LogP contribution in [0.25, 0.3) is 0 Å². The van der Waals surface area contributed by atoms with Gasteiger partial charge in [-0.2, -0.15) is 0 Å².